The molecule has 0 aliphatic heterocycles. The summed E-state index contributed by atoms with van der Waals surface area (Å²) in [5.41, 5.74) is 0.776. The minimum Gasteiger partial charge on any atom is -0.293 e. The van der Waals surface area contributed by atoms with Gasteiger partial charge in [-0.05, 0) is 68.7 Å². The SMILES string of the molecule is CC(C(=O)c1ccc(Cl)cc1)N(CC1CC1)CC1CC1. The Kier molecular flexibility index (Phi) is 4.13. The predicted molar refractivity (Wildman–Crippen MR) is 82.3 cm³/mol. The lowest BCUT2D eigenvalue weighted by Crippen LogP contribution is -2.41. The average molecular weight is 292 g/mol. The molecule has 0 bridgehead atoms. The third-order valence-electron chi connectivity index (χ3n) is 4.44. The second-order valence-electron chi connectivity index (χ2n) is 6.39. The summed E-state index contributed by atoms with van der Waals surface area (Å²) in [6.07, 6.45) is 5.35. The summed E-state index contributed by atoms with van der Waals surface area (Å²) in [5, 5.41) is 0.682. The summed E-state index contributed by atoms with van der Waals surface area (Å²) >= 11 is 5.89. The molecule has 0 amide bonds. The highest BCUT2D eigenvalue weighted by Crippen LogP contribution is 2.34. The molecular weight excluding hydrogens is 270 g/mol. The monoisotopic (exact) mass is 291 g/mol. The molecule has 2 aliphatic rings. The molecule has 0 heterocycles. The van der Waals surface area contributed by atoms with Gasteiger partial charge in [0.25, 0.3) is 0 Å². The van der Waals surface area contributed by atoms with Crippen molar-refractivity contribution in [1.29, 1.82) is 0 Å². The first-order valence-electron chi connectivity index (χ1n) is 7.67. The summed E-state index contributed by atoms with van der Waals surface area (Å²) < 4.78 is 0. The van der Waals surface area contributed by atoms with Crippen LogP contribution in [0.3, 0.4) is 0 Å². The summed E-state index contributed by atoms with van der Waals surface area (Å²) in [4.78, 5) is 15.0. The van der Waals surface area contributed by atoms with Crippen molar-refractivity contribution in [3.63, 3.8) is 0 Å². The van der Waals surface area contributed by atoms with Gasteiger partial charge in [0, 0.05) is 23.7 Å². The van der Waals surface area contributed by atoms with Crippen molar-refractivity contribution in [3.05, 3.63) is 34.9 Å². The minimum atomic E-state index is -0.0163. The number of benzene rings is 1. The summed E-state index contributed by atoms with van der Waals surface area (Å²) in [7, 11) is 0. The van der Waals surface area contributed by atoms with Gasteiger partial charge in [-0.15, -0.1) is 0 Å². The van der Waals surface area contributed by atoms with Gasteiger partial charge in [-0.1, -0.05) is 11.6 Å². The maximum atomic E-state index is 12.6. The van der Waals surface area contributed by atoms with Crippen LogP contribution in [0.4, 0.5) is 0 Å². The molecule has 0 N–H and O–H groups in total. The van der Waals surface area contributed by atoms with E-state index in [2.05, 4.69) is 11.8 Å². The summed E-state index contributed by atoms with van der Waals surface area (Å²) in [6.45, 7) is 4.25. The Morgan fingerprint density at radius 3 is 2.10 bits per heavy atom. The van der Waals surface area contributed by atoms with E-state index in [-0.39, 0.29) is 11.8 Å². The van der Waals surface area contributed by atoms with E-state index < -0.39 is 0 Å². The highest BCUT2D eigenvalue weighted by molar-refractivity contribution is 6.30. The topological polar surface area (TPSA) is 20.3 Å². The number of carbonyl (C=O) groups excluding carboxylic acids is 1. The van der Waals surface area contributed by atoms with Crippen molar-refractivity contribution in [2.75, 3.05) is 13.1 Å². The second kappa shape index (κ2) is 5.87. The fourth-order valence-corrected chi connectivity index (χ4v) is 2.80. The molecule has 2 aliphatic carbocycles. The van der Waals surface area contributed by atoms with Gasteiger partial charge in [0.15, 0.2) is 5.78 Å². The Morgan fingerprint density at radius 2 is 1.65 bits per heavy atom. The van der Waals surface area contributed by atoms with E-state index in [4.69, 9.17) is 11.6 Å². The molecule has 3 rings (SSSR count). The maximum absolute atomic E-state index is 12.6. The molecule has 108 valence electrons. The van der Waals surface area contributed by atoms with E-state index in [0.29, 0.717) is 5.02 Å². The van der Waals surface area contributed by atoms with Gasteiger partial charge in [-0.25, -0.2) is 0 Å². The van der Waals surface area contributed by atoms with E-state index in [1.807, 2.05) is 12.1 Å². The zero-order valence-corrected chi connectivity index (χ0v) is 12.8. The van der Waals surface area contributed by atoms with Crippen molar-refractivity contribution < 1.29 is 4.79 Å². The highest BCUT2D eigenvalue weighted by Gasteiger charge is 2.33. The van der Waals surface area contributed by atoms with E-state index in [9.17, 15) is 4.79 Å². The highest BCUT2D eigenvalue weighted by atomic mass is 35.5. The molecule has 2 saturated carbocycles. The van der Waals surface area contributed by atoms with E-state index in [0.717, 1.165) is 30.5 Å². The number of rotatable bonds is 7. The minimum absolute atomic E-state index is 0.0163. The standard InChI is InChI=1S/C17H22ClNO/c1-12(17(20)15-6-8-16(18)9-7-15)19(10-13-2-3-13)11-14-4-5-14/h6-9,12-14H,2-5,10-11H2,1H3. The number of carbonyl (C=O) groups is 1. The lowest BCUT2D eigenvalue weighted by Gasteiger charge is -2.28. The number of ketones is 1. The molecule has 3 heteroatoms. The molecule has 20 heavy (non-hydrogen) atoms. The quantitative estimate of drug-likeness (QED) is 0.707. The molecule has 0 radical (unpaired) electrons. The van der Waals surface area contributed by atoms with Crippen LogP contribution in [0.1, 0.15) is 43.0 Å². The molecular formula is C17H22ClNO. The predicted octanol–water partition coefficient (Wildman–Crippen LogP) is 4.03. The van der Waals surface area contributed by atoms with E-state index in [1.54, 1.807) is 12.1 Å². The van der Waals surface area contributed by atoms with Crippen molar-refractivity contribution in [1.82, 2.24) is 4.90 Å². The largest absolute Gasteiger partial charge is 0.293 e. The second-order valence-corrected chi connectivity index (χ2v) is 6.82. The normalized spacial score (nSPS) is 20.1. The first kappa shape index (κ1) is 14.1. The zero-order valence-electron chi connectivity index (χ0n) is 12.0. The van der Waals surface area contributed by atoms with Gasteiger partial charge in [-0.3, -0.25) is 9.69 Å². The van der Waals surface area contributed by atoms with Crippen LogP contribution in [0.15, 0.2) is 24.3 Å². The third kappa shape index (κ3) is 3.62. The first-order valence-corrected chi connectivity index (χ1v) is 8.05. The number of nitrogens with zero attached hydrogens (tertiary/aromatic N) is 1. The van der Waals surface area contributed by atoms with Gasteiger partial charge in [0.2, 0.25) is 0 Å². The van der Waals surface area contributed by atoms with Crippen LogP contribution in [-0.2, 0) is 0 Å². The maximum Gasteiger partial charge on any atom is 0.179 e. The molecule has 1 atom stereocenters. The van der Waals surface area contributed by atoms with Crippen LogP contribution in [0.25, 0.3) is 0 Å². The van der Waals surface area contributed by atoms with Crippen LogP contribution in [0.5, 0.6) is 0 Å². The fourth-order valence-electron chi connectivity index (χ4n) is 2.68. The first-order chi connectivity index (χ1) is 9.63. The number of Topliss-reactive ketones (excluding diaryl/α,β-unsaturated/α-hetero) is 1. The summed E-state index contributed by atoms with van der Waals surface area (Å²) in [6, 6.07) is 7.26. The molecule has 0 saturated heterocycles. The smallest absolute Gasteiger partial charge is 0.179 e. The van der Waals surface area contributed by atoms with Crippen LogP contribution in [0, 0.1) is 11.8 Å². The van der Waals surface area contributed by atoms with Gasteiger partial charge in [0.05, 0.1) is 6.04 Å². The molecule has 2 fully saturated rings. The number of hydrogen-bond acceptors (Lipinski definition) is 2. The molecule has 2 nitrogen and oxygen atoms in total. The Hall–Kier alpha value is -0.860. The Bertz CT molecular complexity index is 462. The molecule has 1 aromatic carbocycles. The Balaban J connectivity index is 1.67. The summed E-state index contributed by atoms with van der Waals surface area (Å²) in [5.74, 6) is 1.88. The Labute approximate surface area is 126 Å². The lowest BCUT2D eigenvalue weighted by molar-refractivity contribution is 0.0824. The van der Waals surface area contributed by atoms with Crippen LogP contribution in [-0.4, -0.2) is 29.8 Å². The van der Waals surface area contributed by atoms with Crippen molar-refractivity contribution in [2.24, 2.45) is 11.8 Å². The van der Waals surface area contributed by atoms with Crippen LogP contribution < -0.4 is 0 Å². The Morgan fingerprint density at radius 1 is 1.15 bits per heavy atom. The van der Waals surface area contributed by atoms with Gasteiger partial charge in [0.1, 0.15) is 0 Å². The van der Waals surface area contributed by atoms with Crippen LogP contribution in [0.2, 0.25) is 5.02 Å². The molecule has 1 unspecified atom stereocenters. The molecule has 1 aromatic rings. The number of halogens is 1. The van der Waals surface area contributed by atoms with E-state index in [1.165, 1.54) is 25.7 Å². The number of hydrogen-bond donors (Lipinski definition) is 0. The average Bonchev–Trinajstić information content (AvgIpc) is 3.32. The lowest BCUT2D eigenvalue weighted by atomic mass is 10.0. The van der Waals surface area contributed by atoms with Crippen molar-refractivity contribution in [3.8, 4) is 0 Å². The molecule has 0 aromatic heterocycles. The zero-order chi connectivity index (χ0) is 14.1. The van der Waals surface area contributed by atoms with E-state index >= 15 is 0 Å². The van der Waals surface area contributed by atoms with Gasteiger partial charge < -0.3 is 0 Å². The van der Waals surface area contributed by atoms with Crippen molar-refractivity contribution >= 4 is 17.4 Å². The third-order valence-corrected chi connectivity index (χ3v) is 4.69. The van der Waals surface area contributed by atoms with Gasteiger partial charge in [-0.2, -0.15) is 0 Å². The van der Waals surface area contributed by atoms with Crippen LogP contribution >= 0.6 is 11.6 Å². The fraction of sp³-hybridized carbons (Fsp3) is 0.588. The van der Waals surface area contributed by atoms with Gasteiger partial charge >= 0.3 is 0 Å². The van der Waals surface area contributed by atoms with Crippen molar-refractivity contribution in [2.45, 2.75) is 38.6 Å². The molecule has 0 spiro atoms.